The van der Waals surface area contributed by atoms with E-state index in [0.717, 1.165) is 12.0 Å². The Morgan fingerprint density at radius 1 is 1.35 bits per heavy atom. The van der Waals surface area contributed by atoms with Crippen molar-refractivity contribution in [2.45, 2.75) is 39.2 Å². The third-order valence-corrected chi connectivity index (χ3v) is 3.51. The van der Waals surface area contributed by atoms with Gasteiger partial charge in [-0.25, -0.2) is 0 Å². The molecule has 1 rings (SSSR count). The first-order valence-corrected chi connectivity index (χ1v) is 6.38. The van der Waals surface area contributed by atoms with Gasteiger partial charge in [-0.3, -0.25) is 9.78 Å². The topological polar surface area (TPSA) is 68.0 Å². The lowest BCUT2D eigenvalue weighted by Gasteiger charge is -2.33. The molecule has 0 saturated heterocycles. The molecule has 6 heteroatoms. The van der Waals surface area contributed by atoms with Crippen LogP contribution in [0.5, 0.6) is 0 Å². The van der Waals surface area contributed by atoms with Crippen LogP contribution in [0.15, 0.2) is 24.5 Å². The largest absolute Gasteiger partial charge is 0.349 e. The maximum Gasteiger partial charge on any atom is 0.220 e. The van der Waals surface area contributed by atoms with Crippen LogP contribution in [-0.4, -0.2) is 23.0 Å². The molecule has 0 saturated carbocycles. The number of aromatic nitrogens is 1. The summed E-state index contributed by atoms with van der Waals surface area (Å²) in [5, 5.41) is 3.03. The fraction of sp³-hybridized carbons (Fsp3) is 0.571. The number of carbonyl (C=O) groups is 1. The number of nitrogens with one attached hydrogen (secondary N) is 1. The van der Waals surface area contributed by atoms with Crippen LogP contribution < -0.4 is 11.1 Å². The number of amides is 1. The monoisotopic (exact) mass is 321 g/mol. The predicted molar refractivity (Wildman–Crippen MR) is 87.5 cm³/mol. The molecule has 1 heterocycles. The maximum atomic E-state index is 11.9. The SMILES string of the molecule is CC(C)C(C)(CN)NC(=O)CCc1ccncc1.Cl.Cl. The third kappa shape index (κ3) is 6.55. The van der Waals surface area contributed by atoms with Crippen LogP contribution in [0.3, 0.4) is 0 Å². The molecule has 0 aliphatic carbocycles. The summed E-state index contributed by atoms with van der Waals surface area (Å²) in [5.41, 5.74) is 6.54. The Kier molecular flexibility index (Phi) is 10.7. The van der Waals surface area contributed by atoms with Crippen molar-refractivity contribution < 1.29 is 4.79 Å². The summed E-state index contributed by atoms with van der Waals surface area (Å²) in [6.45, 7) is 6.57. The molecule has 0 aromatic carbocycles. The van der Waals surface area contributed by atoms with Crippen LogP contribution in [-0.2, 0) is 11.2 Å². The van der Waals surface area contributed by atoms with Crippen LogP contribution in [0, 0.1) is 5.92 Å². The number of pyridine rings is 1. The van der Waals surface area contributed by atoms with Gasteiger partial charge in [0.25, 0.3) is 0 Å². The van der Waals surface area contributed by atoms with Gasteiger partial charge >= 0.3 is 0 Å². The number of halogens is 2. The lowest BCUT2D eigenvalue weighted by molar-refractivity contribution is -0.123. The Morgan fingerprint density at radius 2 is 1.90 bits per heavy atom. The summed E-state index contributed by atoms with van der Waals surface area (Å²) in [6.07, 6.45) is 4.69. The number of nitrogens with two attached hydrogens (primary N) is 1. The van der Waals surface area contributed by atoms with Crippen LogP contribution in [0.4, 0.5) is 0 Å². The molecule has 1 aromatic heterocycles. The second-order valence-electron chi connectivity index (χ2n) is 5.18. The van der Waals surface area contributed by atoms with E-state index in [0.29, 0.717) is 18.9 Å². The molecule has 1 atom stereocenters. The van der Waals surface area contributed by atoms with Gasteiger partial charge in [-0.05, 0) is 37.0 Å². The van der Waals surface area contributed by atoms with Crippen molar-refractivity contribution in [2.24, 2.45) is 11.7 Å². The van der Waals surface area contributed by atoms with Crippen LogP contribution >= 0.6 is 24.8 Å². The van der Waals surface area contributed by atoms with Crippen molar-refractivity contribution in [1.29, 1.82) is 0 Å². The number of carbonyl (C=O) groups excluding carboxylic acids is 1. The first kappa shape index (κ1) is 21.5. The molecule has 3 N–H and O–H groups in total. The summed E-state index contributed by atoms with van der Waals surface area (Å²) in [4.78, 5) is 15.9. The van der Waals surface area contributed by atoms with Crippen molar-refractivity contribution >= 4 is 30.7 Å². The smallest absolute Gasteiger partial charge is 0.220 e. The van der Waals surface area contributed by atoms with Crippen molar-refractivity contribution in [3.8, 4) is 0 Å². The average Bonchev–Trinajstić information content (AvgIpc) is 2.37. The second-order valence-corrected chi connectivity index (χ2v) is 5.18. The molecule has 1 amide bonds. The maximum absolute atomic E-state index is 11.9. The minimum atomic E-state index is -0.324. The lowest BCUT2D eigenvalue weighted by atomic mass is 9.88. The normalized spacial score (nSPS) is 12.8. The molecule has 0 radical (unpaired) electrons. The van der Waals surface area contributed by atoms with E-state index >= 15 is 0 Å². The third-order valence-electron chi connectivity index (χ3n) is 3.51. The first-order valence-electron chi connectivity index (χ1n) is 6.38. The number of aryl methyl sites for hydroxylation is 1. The van der Waals surface area contributed by atoms with Gasteiger partial charge in [0.15, 0.2) is 0 Å². The highest BCUT2D eigenvalue weighted by atomic mass is 35.5. The Hall–Kier alpha value is -0.840. The van der Waals surface area contributed by atoms with E-state index in [1.807, 2.05) is 19.1 Å². The van der Waals surface area contributed by atoms with Gasteiger partial charge in [0.05, 0.1) is 5.54 Å². The molecule has 0 aliphatic heterocycles. The summed E-state index contributed by atoms with van der Waals surface area (Å²) in [7, 11) is 0. The van der Waals surface area contributed by atoms with E-state index < -0.39 is 0 Å². The highest BCUT2D eigenvalue weighted by molar-refractivity contribution is 5.85. The minimum absolute atomic E-state index is 0. The van der Waals surface area contributed by atoms with E-state index in [1.165, 1.54) is 0 Å². The Bertz CT molecular complexity index is 387. The van der Waals surface area contributed by atoms with Gasteiger partial charge in [-0.15, -0.1) is 24.8 Å². The zero-order chi connectivity index (χ0) is 13.6. The van der Waals surface area contributed by atoms with Gasteiger partial charge < -0.3 is 11.1 Å². The van der Waals surface area contributed by atoms with Crippen LogP contribution in [0.1, 0.15) is 32.8 Å². The molecule has 0 bridgehead atoms. The Morgan fingerprint density at radius 3 is 2.35 bits per heavy atom. The van der Waals surface area contributed by atoms with Crippen molar-refractivity contribution in [3.05, 3.63) is 30.1 Å². The quantitative estimate of drug-likeness (QED) is 0.845. The fourth-order valence-electron chi connectivity index (χ4n) is 1.62. The van der Waals surface area contributed by atoms with Crippen molar-refractivity contribution in [1.82, 2.24) is 10.3 Å². The number of hydrogen-bond donors (Lipinski definition) is 2. The standard InChI is InChI=1S/C14H23N3O.2ClH/c1-11(2)14(3,10-15)17-13(18)5-4-12-6-8-16-9-7-12;;/h6-9,11H,4-5,10,15H2,1-3H3,(H,17,18);2*1H. The van der Waals surface area contributed by atoms with Crippen molar-refractivity contribution in [3.63, 3.8) is 0 Å². The van der Waals surface area contributed by atoms with Gasteiger partial charge in [-0.2, -0.15) is 0 Å². The van der Waals surface area contributed by atoms with Gasteiger partial charge in [0, 0.05) is 25.4 Å². The van der Waals surface area contributed by atoms with E-state index in [9.17, 15) is 4.79 Å². The lowest BCUT2D eigenvalue weighted by Crippen LogP contribution is -2.55. The average molecular weight is 322 g/mol. The Labute approximate surface area is 133 Å². The Balaban J connectivity index is 0. The van der Waals surface area contributed by atoms with Crippen LogP contribution in [0.25, 0.3) is 0 Å². The number of rotatable bonds is 6. The molecular weight excluding hydrogens is 297 g/mol. The fourth-order valence-corrected chi connectivity index (χ4v) is 1.62. The first-order chi connectivity index (χ1) is 8.48. The van der Waals surface area contributed by atoms with Gasteiger partial charge in [0.2, 0.25) is 5.91 Å². The number of nitrogens with zero attached hydrogens (tertiary/aromatic N) is 1. The summed E-state index contributed by atoms with van der Waals surface area (Å²) in [6, 6.07) is 3.86. The molecule has 20 heavy (non-hydrogen) atoms. The van der Waals surface area contributed by atoms with E-state index in [1.54, 1.807) is 12.4 Å². The van der Waals surface area contributed by atoms with E-state index in [-0.39, 0.29) is 36.3 Å². The highest BCUT2D eigenvalue weighted by Gasteiger charge is 2.28. The second kappa shape index (κ2) is 9.97. The highest BCUT2D eigenvalue weighted by Crippen LogP contribution is 2.15. The molecule has 1 unspecified atom stereocenters. The zero-order valence-corrected chi connectivity index (χ0v) is 13.9. The molecule has 0 spiro atoms. The molecule has 0 fully saturated rings. The van der Waals surface area contributed by atoms with Gasteiger partial charge in [-0.1, -0.05) is 13.8 Å². The minimum Gasteiger partial charge on any atom is -0.349 e. The molecule has 116 valence electrons. The zero-order valence-electron chi connectivity index (χ0n) is 12.3. The molecule has 1 aromatic rings. The number of hydrogen-bond acceptors (Lipinski definition) is 3. The molecule has 4 nitrogen and oxygen atoms in total. The van der Waals surface area contributed by atoms with E-state index in [2.05, 4.69) is 24.1 Å². The summed E-state index contributed by atoms with van der Waals surface area (Å²) >= 11 is 0. The van der Waals surface area contributed by atoms with Crippen LogP contribution in [0.2, 0.25) is 0 Å². The summed E-state index contributed by atoms with van der Waals surface area (Å²) in [5.74, 6) is 0.362. The van der Waals surface area contributed by atoms with E-state index in [4.69, 9.17) is 5.73 Å². The summed E-state index contributed by atoms with van der Waals surface area (Å²) < 4.78 is 0. The van der Waals surface area contributed by atoms with Crippen molar-refractivity contribution in [2.75, 3.05) is 6.54 Å². The van der Waals surface area contributed by atoms with Gasteiger partial charge in [0.1, 0.15) is 0 Å². The molecule has 0 aliphatic rings. The predicted octanol–water partition coefficient (Wildman–Crippen LogP) is 2.35. The molecular formula is C14H25Cl2N3O.